The van der Waals surface area contributed by atoms with Gasteiger partial charge < -0.3 is 0 Å². The van der Waals surface area contributed by atoms with Gasteiger partial charge in [-0.15, -0.1) is 0 Å². The van der Waals surface area contributed by atoms with E-state index in [0.717, 1.165) is 5.57 Å². The average Bonchev–Trinajstić information content (AvgIpc) is 2.31. The second-order valence-electron chi connectivity index (χ2n) is 5.05. The van der Waals surface area contributed by atoms with Gasteiger partial charge in [0.15, 0.2) is 0 Å². The highest BCUT2D eigenvalue weighted by molar-refractivity contribution is 5.46. The lowest BCUT2D eigenvalue weighted by molar-refractivity contribution is 0.330. The second kappa shape index (κ2) is 5.72. The predicted octanol–water partition coefficient (Wildman–Crippen LogP) is 2.57. The van der Waals surface area contributed by atoms with Gasteiger partial charge in [-0.25, -0.2) is 9.59 Å². The van der Waals surface area contributed by atoms with Crippen LogP contribution in [0.25, 0.3) is 0 Å². The minimum atomic E-state index is -0.826. The molecule has 96 valence electrons. The van der Waals surface area contributed by atoms with Gasteiger partial charge in [-0.3, -0.25) is 0 Å². The summed E-state index contributed by atoms with van der Waals surface area (Å²) < 4.78 is 0. The number of isocyanates is 2. The van der Waals surface area contributed by atoms with Crippen molar-refractivity contribution in [3.63, 3.8) is 0 Å². The van der Waals surface area contributed by atoms with Crippen LogP contribution in [0, 0.1) is 11.8 Å². The van der Waals surface area contributed by atoms with E-state index in [1.165, 1.54) is 0 Å². The first-order chi connectivity index (χ1) is 8.49. The fourth-order valence-electron chi connectivity index (χ4n) is 2.32. The van der Waals surface area contributed by atoms with Crippen LogP contribution in [0.4, 0.5) is 0 Å². The van der Waals surface area contributed by atoms with Gasteiger partial charge in [-0.1, -0.05) is 45.9 Å². The van der Waals surface area contributed by atoms with Crippen molar-refractivity contribution >= 4 is 12.2 Å². The summed E-state index contributed by atoms with van der Waals surface area (Å²) in [6, 6.07) is -0.471. The zero-order chi connectivity index (χ0) is 13.8. The van der Waals surface area contributed by atoms with Crippen LogP contribution in [-0.2, 0) is 9.59 Å². The Labute approximate surface area is 107 Å². The first-order valence-corrected chi connectivity index (χ1v) is 6.05. The van der Waals surface area contributed by atoms with Crippen LogP contribution in [0.5, 0.6) is 0 Å². The molecule has 1 rings (SSSR count). The monoisotopic (exact) mass is 246 g/mol. The molecule has 0 saturated carbocycles. The maximum Gasteiger partial charge on any atom is 0.235 e. The summed E-state index contributed by atoms with van der Waals surface area (Å²) in [6.07, 6.45) is 8.83. The first kappa shape index (κ1) is 14.3. The Kier molecular flexibility index (Phi) is 4.55. The minimum absolute atomic E-state index is 0.0275. The van der Waals surface area contributed by atoms with Crippen molar-refractivity contribution in [2.75, 3.05) is 0 Å². The van der Waals surface area contributed by atoms with E-state index in [1.807, 2.05) is 45.9 Å². The van der Waals surface area contributed by atoms with E-state index in [9.17, 15) is 9.59 Å². The summed E-state index contributed by atoms with van der Waals surface area (Å²) in [6.45, 7) is 7.94. The maximum atomic E-state index is 10.7. The average molecular weight is 246 g/mol. The quantitative estimate of drug-likeness (QED) is 0.565. The van der Waals surface area contributed by atoms with Crippen molar-refractivity contribution in [1.29, 1.82) is 0 Å². The molecular weight excluding hydrogens is 228 g/mol. The molecule has 0 aromatic carbocycles. The van der Waals surface area contributed by atoms with Gasteiger partial charge >= 0.3 is 0 Å². The summed E-state index contributed by atoms with van der Waals surface area (Å²) in [4.78, 5) is 29.2. The lowest BCUT2D eigenvalue weighted by atomic mass is 9.72. The summed E-state index contributed by atoms with van der Waals surface area (Å²) in [7, 11) is 0. The molecule has 0 saturated heterocycles. The Morgan fingerprint density at radius 3 is 2.33 bits per heavy atom. The Hall–Kier alpha value is -1.76. The SMILES string of the molecule is CC(C)C1=CC=CC(N=C=O)(C(C)C)C1N=C=O. The predicted molar refractivity (Wildman–Crippen MR) is 69.7 cm³/mol. The van der Waals surface area contributed by atoms with E-state index in [4.69, 9.17) is 0 Å². The van der Waals surface area contributed by atoms with Gasteiger partial charge in [-0.2, -0.15) is 9.98 Å². The molecule has 0 aromatic rings. The van der Waals surface area contributed by atoms with Crippen LogP contribution in [0.3, 0.4) is 0 Å². The van der Waals surface area contributed by atoms with Crippen molar-refractivity contribution in [2.24, 2.45) is 21.8 Å². The van der Waals surface area contributed by atoms with Crippen molar-refractivity contribution in [3.05, 3.63) is 23.8 Å². The van der Waals surface area contributed by atoms with Crippen molar-refractivity contribution in [1.82, 2.24) is 0 Å². The molecule has 18 heavy (non-hydrogen) atoms. The normalized spacial score (nSPS) is 26.6. The van der Waals surface area contributed by atoms with E-state index < -0.39 is 11.6 Å². The van der Waals surface area contributed by atoms with Crippen LogP contribution in [0.2, 0.25) is 0 Å². The maximum absolute atomic E-state index is 10.7. The molecule has 2 atom stereocenters. The minimum Gasteiger partial charge on any atom is -0.211 e. The van der Waals surface area contributed by atoms with Gasteiger partial charge in [0.2, 0.25) is 12.2 Å². The Balaban J connectivity index is 3.43. The molecule has 0 N–H and O–H groups in total. The number of hydrogen-bond acceptors (Lipinski definition) is 4. The lowest BCUT2D eigenvalue weighted by Crippen LogP contribution is -2.45. The van der Waals surface area contributed by atoms with Crippen LogP contribution < -0.4 is 0 Å². The number of nitrogens with zero attached hydrogens (tertiary/aromatic N) is 2. The first-order valence-electron chi connectivity index (χ1n) is 6.05. The van der Waals surface area contributed by atoms with Gasteiger partial charge in [0, 0.05) is 0 Å². The van der Waals surface area contributed by atoms with E-state index in [0.29, 0.717) is 0 Å². The highest BCUT2D eigenvalue weighted by atomic mass is 16.1. The number of aliphatic imine (C=N–C) groups is 2. The lowest BCUT2D eigenvalue weighted by Gasteiger charge is -2.38. The van der Waals surface area contributed by atoms with Gasteiger partial charge in [0.05, 0.1) is 0 Å². The Morgan fingerprint density at radius 1 is 1.22 bits per heavy atom. The summed E-state index contributed by atoms with van der Waals surface area (Å²) >= 11 is 0. The molecule has 0 aromatic heterocycles. The Morgan fingerprint density at radius 2 is 1.89 bits per heavy atom. The van der Waals surface area contributed by atoms with Gasteiger partial charge in [0.25, 0.3) is 0 Å². The highest BCUT2D eigenvalue weighted by Gasteiger charge is 2.44. The molecule has 4 nitrogen and oxygen atoms in total. The fourth-order valence-corrected chi connectivity index (χ4v) is 2.32. The van der Waals surface area contributed by atoms with E-state index >= 15 is 0 Å². The summed E-state index contributed by atoms with van der Waals surface area (Å²) in [5.74, 6) is 0.247. The fraction of sp³-hybridized carbons (Fsp3) is 0.571. The molecular formula is C14H18N2O2. The molecule has 1 aliphatic rings. The second-order valence-corrected chi connectivity index (χ2v) is 5.05. The molecule has 1 aliphatic carbocycles. The molecule has 0 radical (unpaired) electrons. The number of carbonyl (C=O) groups excluding carboxylic acids is 2. The van der Waals surface area contributed by atoms with E-state index in [1.54, 1.807) is 12.2 Å². The van der Waals surface area contributed by atoms with Crippen molar-refractivity contribution in [2.45, 2.75) is 39.3 Å². The highest BCUT2D eigenvalue weighted by Crippen LogP contribution is 2.38. The smallest absolute Gasteiger partial charge is 0.211 e. The van der Waals surface area contributed by atoms with Crippen LogP contribution >= 0.6 is 0 Å². The molecule has 2 unspecified atom stereocenters. The number of hydrogen-bond donors (Lipinski definition) is 0. The largest absolute Gasteiger partial charge is 0.235 e. The Bertz CT molecular complexity index is 464. The van der Waals surface area contributed by atoms with Crippen LogP contribution in [0.15, 0.2) is 33.8 Å². The topological polar surface area (TPSA) is 58.9 Å². The third-order valence-electron chi connectivity index (χ3n) is 3.42. The summed E-state index contributed by atoms with van der Waals surface area (Å²) in [5.41, 5.74) is 0.154. The van der Waals surface area contributed by atoms with Crippen molar-refractivity contribution < 1.29 is 9.59 Å². The van der Waals surface area contributed by atoms with Gasteiger partial charge in [0.1, 0.15) is 11.6 Å². The zero-order valence-corrected chi connectivity index (χ0v) is 11.2. The molecule has 0 fully saturated rings. The molecule has 0 heterocycles. The molecule has 0 bridgehead atoms. The van der Waals surface area contributed by atoms with Crippen LogP contribution in [-0.4, -0.2) is 23.7 Å². The van der Waals surface area contributed by atoms with E-state index in [2.05, 4.69) is 9.98 Å². The number of rotatable bonds is 4. The van der Waals surface area contributed by atoms with Crippen molar-refractivity contribution in [3.8, 4) is 0 Å². The number of allylic oxidation sites excluding steroid dienone is 2. The molecule has 4 heteroatoms. The van der Waals surface area contributed by atoms with Crippen LogP contribution in [0.1, 0.15) is 27.7 Å². The molecule has 0 amide bonds. The third-order valence-corrected chi connectivity index (χ3v) is 3.42. The summed E-state index contributed by atoms with van der Waals surface area (Å²) in [5, 5.41) is 0. The standard InChI is InChI=1S/C14H18N2O2/c1-10(2)12-6-5-7-14(11(3)4,16-9-18)13(12)15-8-17/h5-7,10-11,13H,1-4H3. The zero-order valence-electron chi connectivity index (χ0n) is 11.2. The molecule has 0 spiro atoms. The molecule has 0 aliphatic heterocycles. The third kappa shape index (κ3) is 2.40. The van der Waals surface area contributed by atoms with E-state index in [-0.39, 0.29) is 11.8 Å². The van der Waals surface area contributed by atoms with Gasteiger partial charge in [-0.05, 0) is 17.4 Å².